The van der Waals surface area contributed by atoms with Gasteiger partial charge in [-0.3, -0.25) is 0 Å². The third kappa shape index (κ3) is 4.71. The molecule has 3 heteroatoms. The highest BCUT2D eigenvalue weighted by atomic mass is 14.9. The van der Waals surface area contributed by atoms with Crippen molar-refractivity contribution in [2.45, 2.75) is 51.5 Å². The smallest absolute Gasteiger partial charge is 0.115 e. The molecule has 0 aliphatic carbocycles. The highest BCUT2D eigenvalue weighted by Gasteiger charge is 2.09. The summed E-state index contributed by atoms with van der Waals surface area (Å²) >= 11 is 0. The number of hydrogen-bond acceptors (Lipinski definition) is 3. The fraction of sp³-hybridized carbons (Fsp3) is 0.692. The van der Waals surface area contributed by atoms with Gasteiger partial charge >= 0.3 is 0 Å². The molecular formula is C13H23N3. The van der Waals surface area contributed by atoms with Gasteiger partial charge in [0.05, 0.1) is 5.69 Å². The highest BCUT2D eigenvalue weighted by molar-refractivity contribution is 5.04. The first-order valence-corrected chi connectivity index (χ1v) is 6.31. The monoisotopic (exact) mass is 221 g/mol. The van der Waals surface area contributed by atoms with E-state index < -0.39 is 0 Å². The van der Waals surface area contributed by atoms with Gasteiger partial charge in [-0.1, -0.05) is 39.0 Å². The van der Waals surface area contributed by atoms with Crippen LogP contribution in [0.1, 0.15) is 57.2 Å². The van der Waals surface area contributed by atoms with Crippen LogP contribution in [0.3, 0.4) is 0 Å². The van der Waals surface area contributed by atoms with Gasteiger partial charge in [0.25, 0.3) is 0 Å². The molecule has 1 aromatic heterocycles. The summed E-state index contributed by atoms with van der Waals surface area (Å²) in [6.07, 6.45) is 11.2. The molecule has 0 bridgehead atoms. The Bertz CT molecular complexity index is 261. The second kappa shape index (κ2) is 8.22. The van der Waals surface area contributed by atoms with E-state index in [9.17, 15) is 0 Å². The average Bonchev–Trinajstić information content (AvgIpc) is 2.35. The van der Waals surface area contributed by atoms with E-state index in [2.05, 4.69) is 22.2 Å². The summed E-state index contributed by atoms with van der Waals surface area (Å²) in [5.41, 5.74) is 1.10. The van der Waals surface area contributed by atoms with Gasteiger partial charge in [-0.2, -0.15) is 0 Å². The Hall–Kier alpha value is -0.960. The van der Waals surface area contributed by atoms with Crippen LogP contribution in [0.5, 0.6) is 0 Å². The minimum Gasteiger partial charge on any atom is -0.312 e. The highest BCUT2D eigenvalue weighted by Crippen LogP contribution is 2.17. The zero-order chi connectivity index (χ0) is 11.6. The molecule has 1 atom stereocenters. The van der Waals surface area contributed by atoms with Crippen LogP contribution in [-0.2, 0) is 0 Å². The van der Waals surface area contributed by atoms with Crippen LogP contribution in [-0.4, -0.2) is 17.0 Å². The summed E-state index contributed by atoms with van der Waals surface area (Å²) in [6, 6.07) is 2.37. The molecule has 16 heavy (non-hydrogen) atoms. The summed E-state index contributed by atoms with van der Waals surface area (Å²) in [6.45, 7) is 2.25. The average molecular weight is 221 g/mol. The van der Waals surface area contributed by atoms with Gasteiger partial charge in [0.15, 0.2) is 0 Å². The lowest BCUT2D eigenvalue weighted by atomic mass is 10.0. The minimum absolute atomic E-state index is 0.379. The number of nitrogens with one attached hydrogen (secondary N) is 1. The van der Waals surface area contributed by atoms with Gasteiger partial charge in [0.2, 0.25) is 0 Å². The SMILES string of the molecule is CCCCCCCC(NC)c1ccncn1. The minimum atomic E-state index is 0.379. The second-order valence-electron chi connectivity index (χ2n) is 4.18. The number of hydrogen-bond donors (Lipinski definition) is 1. The maximum atomic E-state index is 4.29. The number of aromatic nitrogens is 2. The molecule has 0 radical (unpaired) electrons. The Kier molecular flexibility index (Phi) is 6.74. The van der Waals surface area contributed by atoms with E-state index in [-0.39, 0.29) is 0 Å². The molecule has 0 spiro atoms. The third-order valence-electron chi connectivity index (χ3n) is 2.91. The van der Waals surface area contributed by atoms with Crippen LogP contribution < -0.4 is 5.32 Å². The quantitative estimate of drug-likeness (QED) is 0.685. The summed E-state index contributed by atoms with van der Waals surface area (Å²) in [5, 5.41) is 3.32. The standard InChI is InChI=1S/C13H23N3/c1-3-4-5-6-7-8-12(14-2)13-9-10-15-11-16-13/h9-12,14H,3-8H2,1-2H3. The van der Waals surface area contributed by atoms with E-state index in [0.29, 0.717) is 6.04 Å². The van der Waals surface area contributed by atoms with Gasteiger partial charge < -0.3 is 5.32 Å². The molecule has 1 unspecified atom stereocenters. The zero-order valence-corrected chi connectivity index (χ0v) is 10.4. The van der Waals surface area contributed by atoms with Crippen molar-refractivity contribution in [3.05, 3.63) is 24.3 Å². The fourth-order valence-corrected chi connectivity index (χ4v) is 1.90. The van der Waals surface area contributed by atoms with Crippen LogP contribution >= 0.6 is 0 Å². The molecule has 90 valence electrons. The Morgan fingerprint density at radius 1 is 1.25 bits per heavy atom. The van der Waals surface area contributed by atoms with E-state index in [1.807, 2.05) is 19.3 Å². The maximum Gasteiger partial charge on any atom is 0.115 e. The van der Waals surface area contributed by atoms with Crippen molar-refractivity contribution in [1.29, 1.82) is 0 Å². The van der Waals surface area contributed by atoms with E-state index in [4.69, 9.17) is 0 Å². The molecule has 1 heterocycles. The van der Waals surface area contributed by atoms with Gasteiger partial charge in [0, 0.05) is 12.2 Å². The molecule has 0 aliphatic heterocycles. The maximum absolute atomic E-state index is 4.29. The molecule has 0 amide bonds. The largest absolute Gasteiger partial charge is 0.312 e. The Morgan fingerprint density at radius 3 is 2.69 bits per heavy atom. The van der Waals surface area contributed by atoms with Crippen LogP contribution in [0.15, 0.2) is 18.6 Å². The van der Waals surface area contributed by atoms with Crippen molar-refractivity contribution >= 4 is 0 Å². The Balaban J connectivity index is 2.27. The Morgan fingerprint density at radius 2 is 2.06 bits per heavy atom. The Labute approximate surface area is 98.7 Å². The first-order valence-electron chi connectivity index (χ1n) is 6.31. The summed E-state index contributed by atoms with van der Waals surface area (Å²) in [4.78, 5) is 8.24. The van der Waals surface area contributed by atoms with Crippen molar-refractivity contribution in [2.24, 2.45) is 0 Å². The molecule has 1 N–H and O–H groups in total. The second-order valence-corrected chi connectivity index (χ2v) is 4.18. The molecule has 1 rings (SSSR count). The zero-order valence-electron chi connectivity index (χ0n) is 10.4. The van der Waals surface area contributed by atoms with E-state index in [0.717, 1.165) is 12.1 Å². The lowest BCUT2D eigenvalue weighted by Gasteiger charge is -2.14. The predicted molar refractivity (Wildman–Crippen MR) is 67.2 cm³/mol. The lowest BCUT2D eigenvalue weighted by Crippen LogP contribution is -2.17. The lowest BCUT2D eigenvalue weighted by molar-refractivity contribution is 0.491. The number of rotatable bonds is 8. The molecule has 0 aromatic carbocycles. The van der Waals surface area contributed by atoms with Crippen LogP contribution in [0.2, 0.25) is 0 Å². The summed E-state index contributed by atoms with van der Waals surface area (Å²) < 4.78 is 0. The molecule has 0 saturated heterocycles. The molecule has 0 saturated carbocycles. The van der Waals surface area contributed by atoms with Crippen LogP contribution in [0.25, 0.3) is 0 Å². The normalized spacial score (nSPS) is 12.6. The third-order valence-corrected chi connectivity index (χ3v) is 2.91. The molecule has 3 nitrogen and oxygen atoms in total. The van der Waals surface area contributed by atoms with E-state index in [1.54, 1.807) is 6.33 Å². The van der Waals surface area contributed by atoms with Crippen molar-refractivity contribution in [3.8, 4) is 0 Å². The van der Waals surface area contributed by atoms with Gasteiger partial charge in [-0.05, 0) is 19.5 Å². The van der Waals surface area contributed by atoms with Crippen LogP contribution in [0.4, 0.5) is 0 Å². The molecular weight excluding hydrogens is 198 g/mol. The van der Waals surface area contributed by atoms with Crippen molar-refractivity contribution in [2.75, 3.05) is 7.05 Å². The molecule has 0 fully saturated rings. The van der Waals surface area contributed by atoms with Gasteiger partial charge in [-0.25, -0.2) is 9.97 Å². The number of nitrogens with zero attached hydrogens (tertiary/aromatic N) is 2. The van der Waals surface area contributed by atoms with Crippen LogP contribution in [0, 0.1) is 0 Å². The fourth-order valence-electron chi connectivity index (χ4n) is 1.90. The van der Waals surface area contributed by atoms with Gasteiger partial charge in [-0.15, -0.1) is 0 Å². The first-order chi connectivity index (χ1) is 7.88. The predicted octanol–water partition coefficient (Wildman–Crippen LogP) is 3.10. The van der Waals surface area contributed by atoms with E-state index in [1.165, 1.54) is 32.1 Å². The van der Waals surface area contributed by atoms with Crippen molar-refractivity contribution < 1.29 is 0 Å². The van der Waals surface area contributed by atoms with Crippen molar-refractivity contribution in [1.82, 2.24) is 15.3 Å². The first kappa shape index (κ1) is 13.1. The number of unbranched alkanes of at least 4 members (excludes halogenated alkanes) is 4. The molecule has 1 aromatic rings. The molecule has 0 aliphatic rings. The van der Waals surface area contributed by atoms with E-state index >= 15 is 0 Å². The topological polar surface area (TPSA) is 37.8 Å². The summed E-state index contributed by atoms with van der Waals surface area (Å²) in [5.74, 6) is 0. The summed E-state index contributed by atoms with van der Waals surface area (Å²) in [7, 11) is 2.00. The van der Waals surface area contributed by atoms with Crippen molar-refractivity contribution in [3.63, 3.8) is 0 Å². The van der Waals surface area contributed by atoms with Gasteiger partial charge in [0.1, 0.15) is 6.33 Å².